The summed E-state index contributed by atoms with van der Waals surface area (Å²) in [6.07, 6.45) is 3.41. The van der Waals surface area contributed by atoms with Gasteiger partial charge < -0.3 is 5.32 Å². The third kappa shape index (κ3) is 5.81. The van der Waals surface area contributed by atoms with Crippen LogP contribution < -0.4 is 5.32 Å². The first-order valence-electron chi connectivity index (χ1n) is 12.1. The standard InChI is InChI=1S/C28H25ClN6O2/c29-22-13-14-25(35-18-31-33-34-35)20(16-22)10-6-12-26(36)24(15-19-7-2-1-3-8-19)32-28(37)27-23-11-5-4-9-21(23)17-30-27/h1-5,7-9,11,13-14,16,18,24H,6,10,12,15,17H2,(H,32,37)/t24-/m0/s1. The molecule has 0 spiro atoms. The van der Waals surface area contributed by atoms with E-state index in [0.717, 1.165) is 27.9 Å². The molecule has 1 aromatic heterocycles. The molecule has 0 aliphatic carbocycles. The number of carbonyl (C=O) groups is 2. The molecule has 0 fully saturated rings. The summed E-state index contributed by atoms with van der Waals surface area (Å²) >= 11 is 6.23. The van der Waals surface area contributed by atoms with Gasteiger partial charge in [0.15, 0.2) is 5.78 Å². The van der Waals surface area contributed by atoms with Gasteiger partial charge in [0.25, 0.3) is 5.91 Å². The van der Waals surface area contributed by atoms with Crippen LogP contribution >= 0.6 is 11.6 Å². The number of amides is 1. The lowest BCUT2D eigenvalue weighted by molar-refractivity contribution is -0.125. The summed E-state index contributed by atoms with van der Waals surface area (Å²) in [5.41, 5.74) is 4.94. The van der Waals surface area contributed by atoms with E-state index in [2.05, 4.69) is 25.8 Å². The van der Waals surface area contributed by atoms with Gasteiger partial charge in [-0.05, 0) is 64.6 Å². The highest BCUT2D eigenvalue weighted by Gasteiger charge is 2.27. The number of aryl methyl sites for hydroxylation is 1. The number of carbonyl (C=O) groups excluding carboxylic acids is 2. The van der Waals surface area contributed by atoms with Crippen LogP contribution in [0.4, 0.5) is 0 Å². The van der Waals surface area contributed by atoms with E-state index in [4.69, 9.17) is 11.6 Å². The van der Waals surface area contributed by atoms with Gasteiger partial charge in [0.2, 0.25) is 0 Å². The second-order valence-electron chi connectivity index (χ2n) is 8.89. The minimum absolute atomic E-state index is 0.0323. The van der Waals surface area contributed by atoms with Gasteiger partial charge in [-0.3, -0.25) is 14.6 Å². The monoisotopic (exact) mass is 512 g/mol. The van der Waals surface area contributed by atoms with Gasteiger partial charge in [0.05, 0.1) is 18.3 Å². The van der Waals surface area contributed by atoms with Crippen LogP contribution in [-0.4, -0.2) is 43.7 Å². The number of nitrogens with zero attached hydrogens (tertiary/aromatic N) is 5. The van der Waals surface area contributed by atoms with E-state index < -0.39 is 6.04 Å². The molecular weight excluding hydrogens is 488 g/mol. The second kappa shape index (κ2) is 11.3. The zero-order valence-electron chi connectivity index (χ0n) is 20.0. The van der Waals surface area contributed by atoms with E-state index in [1.807, 2.05) is 66.7 Å². The fourth-order valence-electron chi connectivity index (χ4n) is 4.53. The number of ketones is 1. The normalized spacial score (nSPS) is 13.1. The van der Waals surface area contributed by atoms with Crippen LogP contribution in [0.25, 0.3) is 5.69 Å². The number of nitrogens with one attached hydrogen (secondary N) is 1. The Kier molecular flexibility index (Phi) is 7.46. The second-order valence-corrected chi connectivity index (χ2v) is 9.32. The first kappa shape index (κ1) is 24.5. The topological polar surface area (TPSA) is 102 Å². The van der Waals surface area contributed by atoms with Gasteiger partial charge in [-0.2, -0.15) is 0 Å². The number of Topliss-reactive ketones (excluding diaryl/α,β-unsaturated/α-hetero) is 1. The molecule has 0 saturated heterocycles. The number of rotatable bonds is 10. The summed E-state index contributed by atoms with van der Waals surface area (Å²) in [5.74, 6) is -0.356. The summed E-state index contributed by atoms with van der Waals surface area (Å²) in [5, 5.41) is 14.9. The fourth-order valence-corrected chi connectivity index (χ4v) is 4.73. The minimum atomic E-state index is -0.663. The molecule has 1 aliphatic heterocycles. The van der Waals surface area contributed by atoms with E-state index >= 15 is 0 Å². The van der Waals surface area contributed by atoms with Crippen LogP contribution in [0.3, 0.4) is 0 Å². The van der Waals surface area contributed by atoms with Crippen molar-refractivity contribution < 1.29 is 9.59 Å². The molecule has 0 saturated carbocycles. The van der Waals surface area contributed by atoms with Gasteiger partial charge in [0, 0.05) is 17.0 Å². The molecule has 1 N–H and O–H groups in total. The predicted octanol–water partition coefficient (Wildman–Crippen LogP) is 3.94. The average molecular weight is 513 g/mol. The van der Waals surface area contributed by atoms with Crippen LogP contribution in [-0.2, 0) is 29.0 Å². The first-order valence-corrected chi connectivity index (χ1v) is 12.5. The van der Waals surface area contributed by atoms with Crippen molar-refractivity contribution >= 4 is 29.0 Å². The zero-order chi connectivity index (χ0) is 25.6. The maximum absolute atomic E-state index is 13.4. The number of aliphatic imine (C=N–C) groups is 1. The van der Waals surface area contributed by atoms with Crippen LogP contribution in [0.1, 0.15) is 35.1 Å². The number of tetrazole rings is 1. The molecule has 0 unspecified atom stereocenters. The third-order valence-electron chi connectivity index (χ3n) is 6.38. The fraction of sp³-hybridized carbons (Fsp3) is 0.214. The quantitative estimate of drug-likeness (QED) is 0.347. The van der Waals surface area contributed by atoms with Gasteiger partial charge in [-0.1, -0.05) is 66.2 Å². The van der Waals surface area contributed by atoms with Crippen molar-refractivity contribution in [2.24, 2.45) is 4.99 Å². The van der Waals surface area contributed by atoms with Crippen molar-refractivity contribution in [3.8, 4) is 5.69 Å². The molecule has 5 rings (SSSR count). The maximum atomic E-state index is 13.4. The van der Waals surface area contributed by atoms with E-state index in [-0.39, 0.29) is 11.7 Å². The Labute approximate surface area is 219 Å². The van der Waals surface area contributed by atoms with Crippen LogP contribution in [0.2, 0.25) is 5.02 Å². The van der Waals surface area contributed by atoms with Gasteiger partial charge >= 0.3 is 0 Å². The summed E-state index contributed by atoms with van der Waals surface area (Å²) < 4.78 is 1.58. The Morgan fingerprint density at radius 1 is 1.03 bits per heavy atom. The molecule has 186 valence electrons. The Morgan fingerprint density at radius 3 is 2.65 bits per heavy atom. The van der Waals surface area contributed by atoms with Crippen molar-refractivity contribution in [3.63, 3.8) is 0 Å². The molecule has 8 nitrogen and oxygen atoms in total. The van der Waals surface area contributed by atoms with Crippen LogP contribution in [0, 0.1) is 0 Å². The van der Waals surface area contributed by atoms with Crippen molar-refractivity contribution in [2.45, 2.75) is 38.3 Å². The number of hydrogen-bond acceptors (Lipinski definition) is 6. The molecule has 1 atom stereocenters. The highest BCUT2D eigenvalue weighted by atomic mass is 35.5. The van der Waals surface area contributed by atoms with E-state index in [0.29, 0.717) is 43.0 Å². The first-order chi connectivity index (χ1) is 18.1. The van der Waals surface area contributed by atoms with Crippen molar-refractivity contribution in [3.05, 3.63) is 106 Å². The van der Waals surface area contributed by atoms with Crippen molar-refractivity contribution in [1.82, 2.24) is 25.5 Å². The van der Waals surface area contributed by atoms with Crippen LogP contribution in [0.5, 0.6) is 0 Å². The van der Waals surface area contributed by atoms with Crippen molar-refractivity contribution in [1.29, 1.82) is 0 Å². The lowest BCUT2D eigenvalue weighted by Gasteiger charge is -2.18. The minimum Gasteiger partial charge on any atom is -0.341 e. The molecule has 37 heavy (non-hydrogen) atoms. The van der Waals surface area contributed by atoms with Gasteiger partial charge in [-0.25, -0.2) is 4.68 Å². The molecule has 9 heteroatoms. The van der Waals surface area contributed by atoms with Gasteiger partial charge in [-0.15, -0.1) is 5.10 Å². The average Bonchev–Trinajstić information content (AvgIpc) is 3.59. The number of benzene rings is 3. The molecule has 0 radical (unpaired) electrons. The maximum Gasteiger partial charge on any atom is 0.270 e. The zero-order valence-corrected chi connectivity index (χ0v) is 20.8. The summed E-state index contributed by atoms with van der Waals surface area (Å²) in [6, 6.07) is 22.2. The molecule has 4 aromatic rings. The third-order valence-corrected chi connectivity index (χ3v) is 6.61. The Hall–Kier alpha value is -4.17. The Bertz CT molecular complexity index is 1440. The predicted molar refractivity (Wildman–Crippen MR) is 141 cm³/mol. The molecular formula is C28H25ClN6O2. The van der Waals surface area contributed by atoms with E-state index in [1.54, 1.807) is 10.7 Å². The number of fused-ring (bicyclic) bond motifs is 1. The highest BCUT2D eigenvalue weighted by molar-refractivity contribution is 6.46. The summed E-state index contributed by atoms with van der Waals surface area (Å²) in [4.78, 5) is 31.0. The summed E-state index contributed by atoms with van der Waals surface area (Å²) in [6.45, 7) is 0.472. The Morgan fingerprint density at radius 2 is 1.84 bits per heavy atom. The van der Waals surface area contributed by atoms with Gasteiger partial charge in [0.1, 0.15) is 12.0 Å². The smallest absolute Gasteiger partial charge is 0.270 e. The van der Waals surface area contributed by atoms with E-state index in [9.17, 15) is 9.59 Å². The lowest BCUT2D eigenvalue weighted by Crippen LogP contribution is -2.45. The lowest BCUT2D eigenvalue weighted by atomic mass is 9.97. The van der Waals surface area contributed by atoms with Crippen molar-refractivity contribution in [2.75, 3.05) is 0 Å². The number of hydrogen-bond donors (Lipinski definition) is 1. The highest BCUT2D eigenvalue weighted by Crippen LogP contribution is 2.22. The van der Waals surface area contributed by atoms with E-state index in [1.165, 1.54) is 6.33 Å². The summed E-state index contributed by atoms with van der Waals surface area (Å²) in [7, 11) is 0. The van der Waals surface area contributed by atoms with Crippen LogP contribution in [0.15, 0.2) is 84.1 Å². The molecule has 2 heterocycles. The molecule has 0 bridgehead atoms. The molecule has 1 aliphatic rings. The molecule has 3 aromatic carbocycles. The largest absolute Gasteiger partial charge is 0.341 e. The number of halogens is 1. The molecule has 1 amide bonds. The SMILES string of the molecule is O=C(N[C@@H](Cc1ccccc1)C(=O)CCCc1cc(Cl)ccc1-n1cnnn1)C1=NCc2ccccc21. The Balaban J connectivity index is 1.28. The number of aromatic nitrogens is 4.